The predicted molar refractivity (Wildman–Crippen MR) is 120 cm³/mol. The lowest BCUT2D eigenvalue weighted by Gasteiger charge is -2.31. The van der Waals surface area contributed by atoms with Crippen LogP contribution in [0.5, 0.6) is 0 Å². The molecule has 1 saturated heterocycles. The number of benzene rings is 2. The average Bonchev–Trinajstić information content (AvgIpc) is 3.33. The molecule has 0 spiro atoms. The van der Waals surface area contributed by atoms with Crippen LogP contribution in [0.2, 0.25) is 0 Å². The Bertz CT molecular complexity index is 1310. The minimum atomic E-state index is -0.316. The number of fused-ring (bicyclic) bond motifs is 3. The van der Waals surface area contributed by atoms with E-state index in [9.17, 15) is 14.0 Å². The fourth-order valence-corrected chi connectivity index (χ4v) is 4.53. The molecule has 1 fully saturated rings. The minimum Gasteiger partial charge on any atom is -0.454 e. The molecule has 3 heterocycles. The van der Waals surface area contributed by atoms with Crippen LogP contribution < -0.4 is 5.32 Å². The molecule has 1 aliphatic rings. The van der Waals surface area contributed by atoms with E-state index in [-0.39, 0.29) is 23.5 Å². The summed E-state index contributed by atoms with van der Waals surface area (Å²) in [6, 6.07) is 15.8. The standard InChI is InChI=1S/C25H24FN3O3/c1-28-20(14-22-23(28)19-7-2-3-8-21(19)32-22)25(31)29-11-9-17(10-12-29)24(30)27-15-16-5-4-6-18(26)13-16/h2-8,13-14,17H,9-12,15H2,1H3,(H,27,30). The number of hydrogen-bond donors (Lipinski definition) is 1. The van der Waals surface area contributed by atoms with Crippen molar-refractivity contribution in [2.24, 2.45) is 13.0 Å². The van der Waals surface area contributed by atoms with E-state index in [4.69, 9.17) is 4.42 Å². The third-order valence-corrected chi connectivity index (χ3v) is 6.29. The maximum atomic E-state index is 13.3. The molecule has 164 valence electrons. The van der Waals surface area contributed by atoms with Gasteiger partial charge in [0, 0.05) is 44.1 Å². The Morgan fingerprint density at radius 2 is 1.84 bits per heavy atom. The third kappa shape index (κ3) is 3.64. The molecule has 32 heavy (non-hydrogen) atoms. The summed E-state index contributed by atoms with van der Waals surface area (Å²) in [6.07, 6.45) is 1.20. The van der Waals surface area contributed by atoms with Crippen molar-refractivity contribution in [3.8, 4) is 0 Å². The number of carbonyl (C=O) groups is 2. The summed E-state index contributed by atoms with van der Waals surface area (Å²) in [4.78, 5) is 27.5. The molecule has 6 nitrogen and oxygen atoms in total. The zero-order valence-electron chi connectivity index (χ0n) is 17.8. The highest BCUT2D eigenvalue weighted by atomic mass is 19.1. The number of piperidine rings is 1. The summed E-state index contributed by atoms with van der Waals surface area (Å²) in [5.74, 6) is -0.573. The fourth-order valence-electron chi connectivity index (χ4n) is 4.53. The molecule has 4 aromatic rings. The molecule has 1 aliphatic heterocycles. The minimum absolute atomic E-state index is 0.0517. The van der Waals surface area contributed by atoms with Crippen LogP contribution in [0, 0.1) is 11.7 Å². The van der Waals surface area contributed by atoms with E-state index in [0.717, 1.165) is 22.0 Å². The highest BCUT2D eigenvalue weighted by Gasteiger charge is 2.29. The van der Waals surface area contributed by atoms with Gasteiger partial charge in [0.1, 0.15) is 17.1 Å². The zero-order chi connectivity index (χ0) is 22.2. The predicted octanol–water partition coefficient (Wildman–Crippen LogP) is 4.23. The van der Waals surface area contributed by atoms with Crippen molar-refractivity contribution >= 4 is 33.9 Å². The smallest absolute Gasteiger partial charge is 0.270 e. The molecule has 2 amide bonds. The molecule has 2 aromatic heterocycles. The van der Waals surface area contributed by atoms with Crippen molar-refractivity contribution in [1.82, 2.24) is 14.8 Å². The van der Waals surface area contributed by atoms with Gasteiger partial charge in [-0.25, -0.2) is 4.39 Å². The van der Waals surface area contributed by atoms with E-state index in [0.29, 0.717) is 43.8 Å². The van der Waals surface area contributed by atoms with Crippen molar-refractivity contribution in [2.75, 3.05) is 13.1 Å². The molecule has 0 unspecified atom stereocenters. The van der Waals surface area contributed by atoms with Crippen LogP contribution in [0.1, 0.15) is 28.9 Å². The van der Waals surface area contributed by atoms with E-state index in [1.807, 2.05) is 35.9 Å². The van der Waals surface area contributed by atoms with Gasteiger partial charge in [0.05, 0.1) is 5.52 Å². The van der Waals surface area contributed by atoms with Gasteiger partial charge in [-0.05, 0) is 42.7 Å². The summed E-state index contributed by atoms with van der Waals surface area (Å²) in [5.41, 5.74) is 3.72. The van der Waals surface area contributed by atoms with E-state index >= 15 is 0 Å². The Balaban J connectivity index is 1.23. The summed E-state index contributed by atoms with van der Waals surface area (Å²) < 4.78 is 21.1. The van der Waals surface area contributed by atoms with Crippen LogP contribution in [0.4, 0.5) is 4.39 Å². The Morgan fingerprint density at radius 3 is 2.62 bits per heavy atom. The monoisotopic (exact) mass is 433 g/mol. The number of aromatic nitrogens is 1. The molecule has 0 atom stereocenters. The van der Waals surface area contributed by atoms with Gasteiger partial charge in [-0.1, -0.05) is 24.3 Å². The lowest BCUT2D eigenvalue weighted by molar-refractivity contribution is -0.126. The number of para-hydroxylation sites is 1. The van der Waals surface area contributed by atoms with E-state index in [1.165, 1.54) is 12.1 Å². The van der Waals surface area contributed by atoms with Crippen LogP contribution in [-0.2, 0) is 18.4 Å². The van der Waals surface area contributed by atoms with Crippen LogP contribution in [0.25, 0.3) is 22.1 Å². The number of furan rings is 1. The van der Waals surface area contributed by atoms with Crippen LogP contribution in [0.15, 0.2) is 59.0 Å². The molecule has 0 saturated carbocycles. The number of nitrogens with zero attached hydrogens (tertiary/aromatic N) is 2. The number of carbonyl (C=O) groups excluding carboxylic acids is 2. The number of likely N-dealkylation sites (tertiary alicyclic amines) is 1. The summed E-state index contributed by atoms with van der Waals surface area (Å²) in [5, 5.41) is 3.87. The molecule has 0 bridgehead atoms. The van der Waals surface area contributed by atoms with Crippen LogP contribution >= 0.6 is 0 Å². The summed E-state index contributed by atoms with van der Waals surface area (Å²) in [6.45, 7) is 1.33. The van der Waals surface area contributed by atoms with Gasteiger partial charge in [0.2, 0.25) is 5.91 Å². The maximum absolute atomic E-state index is 13.3. The second-order valence-corrected chi connectivity index (χ2v) is 8.31. The fraction of sp³-hybridized carbons (Fsp3) is 0.280. The topological polar surface area (TPSA) is 67.5 Å². The second kappa shape index (κ2) is 8.15. The number of rotatable bonds is 4. The first kappa shape index (κ1) is 20.3. The number of aryl methyl sites for hydroxylation is 1. The van der Waals surface area contributed by atoms with Crippen molar-refractivity contribution in [3.63, 3.8) is 0 Å². The first-order valence-electron chi connectivity index (χ1n) is 10.8. The molecule has 0 aliphatic carbocycles. The lowest BCUT2D eigenvalue weighted by atomic mass is 9.95. The van der Waals surface area contributed by atoms with Gasteiger partial charge < -0.3 is 19.2 Å². The molecule has 7 heteroatoms. The van der Waals surface area contributed by atoms with E-state index < -0.39 is 0 Å². The number of nitrogens with one attached hydrogen (secondary N) is 1. The number of amides is 2. The Kier molecular flexibility index (Phi) is 5.17. The second-order valence-electron chi connectivity index (χ2n) is 8.31. The van der Waals surface area contributed by atoms with E-state index in [1.54, 1.807) is 23.1 Å². The Morgan fingerprint density at radius 1 is 1.06 bits per heavy atom. The molecular weight excluding hydrogens is 409 g/mol. The van der Waals surface area contributed by atoms with Gasteiger partial charge in [0.15, 0.2) is 5.58 Å². The molecular formula is C25H24FN3O3. The third-order valence-electron chi connectivity index (χ3n) is 6.29. The maximum Gasteiger partial charge on any atom is 0.270 e. The van der Waals surface area contributed by atoms with Crippen molar-refractivity contribution in [3.05, 3.63) is 71.7 Å². The van der Waals surface area contributed by atoms with E-state index in [2.05, 4.69) is 5.32 Å². The van der Waals surface area contributed by atoms with Gasteiger partial charge in [-0.3, -0.25) is 9.59 Å². The number of halogens is 1. The molecule has 5 rings (SSSR count). The lowest BCUT2D eigenvalue weighted by Crippen LogP contribution is -2.43. The first-order chi connectivity index (χ1) is 15.5. The Labute approximate surface area is 184 Å². The summed E-state index contributed by atoms with van der Waals surface area (Å²) >= 11 is 0. The zero-order valence-corrected chi connectivity index (χ0v) is 17.8. The van der Waals surface area contributed by atoms with Crippen LogP contribution in [0.3, 0.4) is 0 Å². The largest absolute Gasteiger partial charge is 0.454 e. The Hall–Kier alpha value is -3.61. The van der Waals surface area contributed by atoms with Crippen LogP contribution in [-0.4, -0.2) is 34.4 Å². The summed E-state index contributed by atoms with van der Waals surface area (Å²) in [7, 11) is 1.88. The van der Waals surface area contributed by atoms with Crippen molar-refractivity contribution in [2.45, 2.75) is 19.4 Å². The van der Waals surface area contributed by atoms with Gasteiger partial charge in [-0.2, -0.15) is 0 Å². The van der Waals surface area contributed by atoms with Gasteiger partial charge in [-0.15, -0.1) is 0 Å². The average molecular weight is 433 g/mol. The first-order valence-corrected chi connectivity index (χ1v) is 10.8. The molecule has 2 aromatic carbocycles. The molecule has 1 N–H and O–H groups in total. The molecule has 0 radical (unpaired) electrons. The van der Waals surface area contributed by atoms with Gasteiger partial charge >= 0.3 is 0 Å². The highest BCUT2D eigenvalue weighted by Crippen LogP contribution is 2.31. The quantitative estimate of drug-likeness (QED) is 0.524. The van der Waals surface area contributed by atoms with Crippen molar-refractivity contribution < 1.29 is 18.4 Å². The van der Waals surface area contributed by atoms with Gasteiger partial charge in [0.25, 0.3) is 5.91 Å². The van der Waals surface area contributed by atoms with Crippen molar-refractivity contribution in [1.29, 1.82) is 0 Å². The highest BCUT2D eigenvalue weighted by molar-refractivity contribution is 6.07. The number of hydrogen-bond acceptors (Lipinski definition) is 3. The SMILES string of the molecule is Cn1c(C(=O)N2CCC(C(=O)NCc3cccc(F)c3)CC2)cc2oc3ccccc3c21. The normalized spacial score (nSPS) is 14.9.